The van der Waals surface area contributed by atoms with Crippen molar-refractivity contribution in [3.63, 3.8) is 0 Å². The standard InChI is InChI=1S/C20H28N4O/c1-4-23(5-2)17-13-11-16(12-14-17)21-19-15(3)22-24(20(19)25)18-9-7-6-8-10-18/h11-14,18H,4-10H2,1-3H3. The van der Waals surface area contributed by atoms with Crippen molar-refractivity contribution in [1.82, 2.24) is 5.01 Å². The second kappa shape index (κ2) is 7.81. The Kier molecular flexibility index (Phi) is 5.51. The molecule has 3 rings (SSSR count). The zero-order valence-electron chi connectivity index (χ0n) is 15.5. The monoisotopic (exact) mass is 340 g/mol. The molecule has 5 nitrogen and oxygen atoms in total. The first-order valence-corrected chi connectivity index (χ1v) is 9.46. The number of aliphatic imine (C=N–C) groups is 1. The van der Waals surface area contributed by atoms with Gasteiger partial charge in [-0.15, -0.1) is 0 Å². The van der Waals surface area contributed by atoms with Gasteiger partial charge in [-0.3, -0.25) is 4.79 Å². The van der Waals surface area contributed by atoms with Crippen LogP contribution >= 0.6 is 0 Å². The van der Waals surface area contributed by atoms with Gasteiger partial charge in [0.15, 0.2) is 5.71 Å². The number of carbonyl (C=O) groups excluding carboxylic acids is 1. The van der Waals surface area contributed by atoms with Crippen molar-refractivity contribution in [3.05, 3.63) is 24.3 Å². The minimum absolute atomic E-state index is 0.0442. The van der Waals surface area contributed by atoms with Crippen LogP contribution in [0.25, 0.3) is 0 Å². The Bertz CT molecular complexity index is 667. The first kappa shape index (κ1) is 17.6. The first-order valence-electron chi connectivity index (χ1n) is 9.46. The Hall–Kier alpha value is -2.17. The molecular formula is C20H28N4O. The number of amides is 1. The molecule has 1 heterocycles. The second-order valence-electron chi connectivity index (χ2n) is 6.78. The minimum Gasteiger partial charge on any atom is -0.372 e. The van der Waals surface area contributed by atoms with E-state index in [-0.39, 0.29) is 11.9 Å². The lowest BCUT2D eigenvalue weighted by atomic mass is 9.95. The smallest absolute Gasteiger partial charge is 0.294 e. The highest BCUT2D eigenvalue weighted by Crippen LogP contribution is 2.26. The average Bonchev–Trinajstić information content (AvgIpc) is 2.93. The number of hydrazone groups is 1. The molecule has 0 unspecified atom stereocenters. The fraction of sp³-hybridized carbons (Fsp3) is 0.550. The fourth-order valence-corrected chi connectivity index (χ4v) is 3.68. The molecule has 1 aromatic rings. The molecule has 0 bridgehead atoms. The van der Waals surface area contributed by atoms with Gasteiger partial charge in [0.2, 0.25) is 0 Å². The van der Waals surface area contributed by atoms with E-state index in [9.17, 15) is 4.79 Å². The quantitative estimate of drug-likeness (QED) is 0.808. The number of benzene rings is 1. The lowest BCUT2D eigenvalue weighted by molar-refractivity contribution is -0.126. The molecule has 25 heavy (non-hydrogen) atoms. The lowest BCUT2D eigenvalue weighted by Crippen LogP contribution is -2.37. The fourth-order valence-electron chi connectivity index (χ4n) is 3.68. The molecule has 0 aromatic heterocycles. The lowest BCUT2D eigenvalue weighted by Gasteiger charge is -2.27. The molecule has 1 aromatic carbocycles. The van der Waals surface area contributed by atoms with E-state index < -0.39 is 0 Å². The summed E-state index contributed by atoms with van der Waals surface area (Å²) in [5.74, 6) is -0.0442. The van der Waals surface area contributed by atoms with E-state index in [1.807, 2.05) is 19.1 Å². The van der Waals surface area contributed by atoms with Gasteiger partial charge in [-0.2, -0.15) is 5.10 Å². The van der Waals surface area contributed by atoms with Crippen molar-refractivity contribution < 1.29 is 4.79 Å². The molecule has 5 heteroatoms. The zero-order valence-corrected chi connectivity index (χ0v) is 15.5. The van der Waals surface area contributed by atoms with Crippen LogP contribution in [-0.4, -0.2) is 41.5 Å². The van der Waals surface area contributed by atoms with Crippen LogP contribution in [0.2, 0.25) is 0 Å². The zero-order chi connectivity index (χ0) is 17.8. The highest BCUT2D eigenvalue weighted by molar-refractivity contribution is 6.68. The number of anilines is 1. The summed E-state index contributed by atoms with van der Waals surface area (Å²) in [5.41, 5.74) is 3.20. The third-order valence-electron chi connectivity index (χ3n) is 5.15. The molecule has 134 valence electrons. The summed E-state index contributed by atoms with van der Waals surface area (Å²) in [7, 11) is 0. The Labute approximate surface area is 150 Å². The van der Waals surface area contributed by atoms with Crippen LogP contribution in [0.3, 0.4) is 0 Å². The van der Waals surface area contributed by atoms with Gasteiger partial charge < -0.3 is 4.90 Å². The van der Waals surface area contributed by atoms with E-state index in [0.29, 0.717) is 5.71 Å². The third kappa shape index (κ3) is 3.75. The Morgan fingerprint density at radius 1 is 1.12 bits per heavy atom. The van der Waals surface area contributed by atoms with Crippen molar-refractivity contribution >= 4 is 28.7 Å². The van der Waals surface area contributed by atoms with E-state index in [1.165, 1.54) is 24.9 Å². The molecule has 0 atom stereocenters. The normalized spacial score (nSPS) is 20.3. The summed E-state index contributed by atoms with van der Waals surface area (Å²) in [4.78, 5) is 19.6. The summed E-state index contributed by atoms with van der Waals surface area (Å²) >= 11 is 0. The topological polar surface area (TPSA) is 48.3 Å². The van der Waals surface area contributed by atoms with Crippen molar-refractivity contribution in [2.24, 2.45) is 10.1 Å². The van der Waals surface area contributed by atoms with Crippen LogP contribution in [0, 0.1) is 0 Å². The molecule has 0 radical (unpaired) electrons. The maximum Gasteiger partial charge on any atom is 0.294 e. The average molecular weight is 340 g/mol. The molecule has 2 aliphatic rings. The SMILES string of the molecule is CCN(CC)c1ccc(N=C2C(=O)N(C3CCCCC3)N=C2C)cc1. The number of hydrogen-bond acceptors (Lipinski definition) is 4. The van der Waals surface area contributed by atoms with E-state index in [0.717, 1.165) is 37.3 Å². The van der Waals surface area contributed by atoms with Gasteiger partial charge in [0, 0.05) is 18.8 Å². The Morgan fingerprint density at radius 3 is 2.36 bits per heavy atom. The van der Waals surface area contributed by atoms with Crippen LogP contribution in [0.5, 0.6) is 0 Å². The highest BCUT2D eigenvalue weighted by atomic mass is 16.2. The van der Waals surface area contributed by atoms with Crippen molar-refractivity contribution in [3.8, 4) is 0 Å². The number of carbonyl (C=O) groups is 1. The van der Waals surface area contributed by atoms with Crippen LogP contribution in [0.15, 0.2) is 34.4 Å². The molecule has 1 aliphatic heterocycles. The van der Waals surface area contributed by atoms with E-state index in [2.05, 4.69) is 41.0 Å². The summed E-state index contributed by atoms with van der Waals surface area (Å²) in [6, 6.07) is 8.33. The van der Waals surface area contributed by atoms with Crippen LogP contribution in [-0.2, 0) is 4.79 Å². The predicted octanol–water partition coefficient (Wildman–Crippen LogP) is 4.16. The van der Waals surface area contributed by atoms with Gasteiger partial charge in [0.25, 0.3) is 5.91 Å². The van der Waals surface area contributed by atoms with E-state index >= 15 is 0 Å². The van der Waals surface area contributed by atoms with Crippen LogP contribution in [0.1, 0.15) is 52.9 Å². The van der Waals surface area contributed by atoms with Crippen molar-refractivity contribution in [1.29, 1.82) is 0 Å². The summed E-state index contributed by atoms with van der Waals surface area (Å²) < 4.78 is 0. The van der Waals surface area contributed by atoms with Crippen LogP contribution < -0.4 is 4.90 Å². The molecular weight excluding hydrogens is 312 g/mol. The Morgan fingerprint density at radius 2 is 1.76 bits per heavy atom. The summed E-state index contributed by atoms with van der Waals surface area (Å²) in [6.45, 7) is 8.13. The van der Waals surface area contributed by atoms with Crippen molar-refractivity contribution in [2.75, 3.05) is 18.0 Å². The Balaban J connectivity index is 1.77. The summed E-state index contributed by atoms with van der Waals surface area (Å²) in [5, 5.41) is 6.18. The minimum atomic E-state index is -0.0442. The largest absolute Gasteiger partial charge is 0.372 e. The molecule has 0 N–H and O–H groups in total. The number of nitrogens with zero attached hydrogens (tertiary/aromatic N) is 4. The maximum absolute atomic E-state index is 12.8. The van der Waals surface area contributed by atoms with Gasteiger partial charge >= 0.3 is 0 Å². The van der Waals surface area contributed by atoms with Gasteiger partial charge in [0.1, 0.15) is 0 Å². The first-order chi connectivity index (χ1) is 12.1. The second-order valence-corrected chi connectivity index (χ2v) is 6.78. The van der Waals surface area contributed by atoms with Crippen LogP contribution in [0.4, 0.5) is 11.4 Å². The van der Waals surface area contributed by atoms with Gasteiger partial charge in [-0.1, -0.05) is 19.3 Å². The van der Waals surface area contributed by atoms with E-state index in [1.54, 1.807) is 5.01 Å². The number of rotatable bonds is 5. The van der Waals surface area contributed by atoms with Gasteiger partial charge in [0.05, 0.1) is 17.4 Å². The molecule has 0 saturated heterocycles. The van der Waals surface area contributed by atoms with E-state index in [4.69, 9.17) is 0 Å². The summed E-state index contributed by atoms with van der Waals surface area (Å²) in [6.07, 6.45) is 5.73. The molecule has 1 amide bonds. The maximum atomic E-state index is 12.8. The third-order valence-corrected chi connectivity index (χ3v) is 5.15. The predicted molar refractivity (Wildman–Crippen MR) is 104 cm³/mol. The van der Waals surface area contributed by atoms with Gasteiger partial charge in [-0.25, -0.2) is 10.0 Å². The molecule has 1 fully saturated rings. The highest BCUT2D eigenvalue weighted by Gasteiger charge is 2.34. The van der Waals surface area contributed by atoms with Crippen molar-refractivity contribution in [2.45, 2.75) is 58.9 Å². The molecule has 1 saturated carbocycles. The number of hydrogen-bond donors (Lipinski definition) is 0. The van der Waals surface area contributed by atoms with Gasteiger partial charge in [-0.05, 0) is 57.9 Å². The molecule has 0 spiro atoms. The molecule has 1 aliphatic carbocycles.